The average Bonchev–Trinajstić information content (AvgIpc) is 3.04. The van der Waals surface area contributed by atoms with Gasteiger partial charge in [-0.1, -0.05) is 18.2 Å². The smallest absolute Gasteiger partial charge is 0.387 e. The van der Waals surface area contributed by atoms with Crippen molar-refractivity contribution < 1.29 is 33.0 Å². The second-order valence-corrected chi connectivity index (χ2v) is 7.01. The van der Waals surface area contributed by atoms with Crippen LogP contribution in [0.15, 0.2) is 42.6 Å². The number of fused-ring (bicyclic) bond motifs is 1. The molecule has 0 bridgehead atoms. The Labute approximate surface area is 182 Å². The van der Waals surface area contributed by atoms with E-state index in [1.807, 2.05) is 0 Å². The fourth-order valence-electron chi connectivity index (χ4n) is 3.56. The third-order valence-electron chi connectivity index (χ3n) is 4.75. The summed E-state index contributed by atoms with van der Waals surface area (Å²) in [6.07, 6.45) is 1.43. The number of nitrogens with one attached hydrogen (secondary N) is 1. The molecule has 8 nitrogen and oxygen atoms in total. The highest BCUT2D eigenvalue weighted by molar-refractivity contribution is 6.04. The van der Waals surface area contributed by atoms with Crippen LogP contribution in [-0.2, 0) is 9.59 Å². The number of carbonyl (C=O) groups is 2. The Bertz CT molecular complexity index is 1150. The van der Waals surface area contributed by atoms with Crippen LogP contribution in [0.25, 0.3) is 10.8 Å². The van der Waals surface area contributed by atoms with E-state index in [4.69, 9.17) is 10.5 Å². The van der Waals surface area contributed by atoms with Gasteiger partial charge in [-0.3, -0.25) is 9.59 Å². The molecule has 0 aliphatic heterocycles. The van der Waals surface area contributed by atoms with Gasteiger partial charge in [0.2, 0.25) is 17.7 Å². The first-order valence-electron chi connectivity index (χ1n) is 9.81. The summed E-state index contributed by atoms with van der Waals surface area (Å²) < 4.78 is 36.8. The van der Waals surface area contributed by atoms with Gasteiger partial charge in [0.15, 0.2) is 11.5 Å². The molecule has 2 amide bonds. The molecule has 4 N–H and O–H groups in total. The molecule has 32 heavy (non-hydrogen) atoms. The number of aromatic nitrogens is 1. The second kappa shape index (κ2) is 9.54. The summed E-state index contributed by atoms with van der Waals surface area (Å²) in [4.78, 5) is 23.4. The van der Waals surface area contributed by atoms with Crippen LogP contribution in [0.1, 0.15) is 31.9 Å². The van der Waals surface area contributed by atoms with Crippen LogP contribution in [0.3, 0.4) is 0 Å². The lowest BCUT2D eigenvalue weighted by Gasteiger charge is -2.21. The van der Waals surface area contributed by atoms with Crippen LogP contribution in [0.4, 0.5) is 14.5 Å². The van der Waals surface area contributed by atoms with Crippen molar-refractivity contribution in [2.75, 3.05) is 11.9 Å². The Morgan fingerprint density at radius 1 is 1.22 bits per heavy atom. The minimum absolute atomic E-state index is 0.0647. The van der Waals surface area contributed by atoms with E-state index in [1.165, 1.54) is 29.7 Å². The predicted octanol–water partition coefficient (Wildman–Crippen LogP) is 3.77. The molecule has 3 aromatic rings. The third kappa shape index (κ3) is 4.90. The molecule has 0 spiro atoms. The number of nitrogens with zero attached hydrogens (tertiary/aromatic N) is 1. The van der Waals surface area contributed by atoms with Crippen molar-refractivity contribution in [2.24, 2.45) is 5.73 Å². The van der Waals surface area contributed by atoms with Gasteiger partial charge >= 0.3 is 6.61 Å². The number of nitrogens with two attached hydrogens (primary N) is 1. The number of alkyl halides is 2. The fourth-order valence-corrected chi connectivity index (χ4v) is 3.56. The number of hydrogen-bond donors (Lipinski definition) is 3. The first-order chi connectivity index (χ1) is 15.2. The van der Waals surface area contributed by atoms with Crippen molar-refractivity contribution in [2.45, 2.75) is 32.9 Å². The lowest BCUT2D eigenvalue weighted by molar-refractivity contribution is -0.118. The first-order valence-corrected chi connectivity index (χ1v) is 9.81. The molecule has 1 aromatic heterocycles. The Hall–Kier alpha value is -3.82. The standard InChI is InChI=1S/C22H23F2N3O5/c1-3-31-18-9-13(7-8-17(18)32-22(23)24)16(10-19(25)29)27-11-14-5-4-6-15(26-12(2)28)20(14)21(27)30/h4-9,11,16,22,30H,3,10H2,1-2H3,(H2,25,29)(H,26,28). The van der Waals surface area contributed by atoms with E-state index in [0.29, 0.717) is 22.0 Å². The number of ether oxygens (including phenoxy) is 2. The predicted molar refractivity (Wildman–Crippen MR) is 114 cm³/mol. The molecule has 0 radical (unpaired) electrons. The normalized spacial score (nSPS) is 12.0. The Morgan fingerprint density at radius 2 is 1.97 bits per heavy atom. The van der Waals surface area contributed by atoms with Crippen LogP contribution in [-0.4, -0.2) is 34.7 Å². The summed E-state index contributed by atoms with van der Waals surface area (Å²) in [6.45, 7) is 0.198. The number of aromatic hydroxyl groups is 1. The molecule has 3 rings (SSSR count). The fraction of sp³-hybridized carbons (Fsp3) is 0.273. The van der Waals surface area contributed by atoms with Gasteiger partial charge in [-0.15, -0.1) is 0 Å². The van der Waals surface area contributed by atoms with Gasteiger partial charge in [0.05, 0.1) is 30.1 Å². The van der Waals surface area contributed by atoms with Crippen LogP contribution in [0, 0.1) is 0 Å². The molecule has 10 heteroatoms. The van der Waals surface area contributed by atoms with Gasteiger partial charge in [0.1, 0.15) is 0 Å². The Balaban J connectivity index is 2.14. The topological polar surface area (TPSA) is 116 Å². The van der Waals surface area contributed by atoms with E-state index >= 15 is 0 Å². The van der Waals surface area contributed by atoms with Gasteiger partial charge in [0.25, 0.3) is 0 Å². The zero-order valence-electron chi connectivity index (χ0n) is 17.5. The number of amides is 2. The third-order valence-corrected chi connectivity index (χ3v) is 4.75. The summed E-state index contributed by atoms with van der Waals surface area (Å²) in [7, 11) is 0. The summed E-state index contributed by atoms with van der Waals surface area (Å²) >= 11 is 0. The minimum Gasteiger partial charge on any atom is -0.494 e. The zero-order chi connectivity index (χ0) is 23.4. The quantitative estimate of drug-likeness (QED) is 0.462. The molecule has 0 saturated carbocycles. The average molecular weight is 447 g/mol. The molecular formula is C22H23F2N3O5. The van der Waals surface area contributed by atoms with E-state index in [1.54, 1.807) is 31.3 Å². The highest BCUT2D eigenvalue weighted by atomic mass is 19.3. The summed E-state index contributed by atoms with van der Waals surface area (Å²) in [5, 5.41) is 14.6. The largest absolute Gasteiger partial charge is 0.494 e. The van der Waals surface area contributed by atoms with Crippen molar-refractivity contribution in [3.05, 3.63) is 48.2 Å². The number of hydrogen-bond acceptors (Lipinski definition) is 5. The Kier molecular flexibility index (Phi) is 6.82. The van der Waals surface area contributed by atoms with Crippen LogP contribution >= 0.6 is 0 Å². The summed E-state index contributed by atoms with van der Waals surface area (Å²) in [5.41, 5.74) is 6.33. The number of anilines is 1. The molecule has 1 atom stereocenters. The lowest BCUT2D eigenvalue weighted by Crippen LogP contribution is -2.20. The van der Waals surface area contributed by atoms with Gasteiger partial charge in [-0.2, -0.15) is 8.78 Å². The van der Waals surface area contributed by atoms with E-state index in [-0.39, 0.29) is 36.3 Å². The number of rotatable bonds is 9. The molecule has 170 valence electrons. The molecule has 0 aliphatic carbocycles. The van der Waals surface area contributed by atoms with E-state index in [2.05, 4.69) is 10.1 Å². The monoisotopic (exact) mass is 447 g/mol. The Morgan fingerprint density at radius 3 is 2.59 bits per heavy atom. The van der Waals surface area contributed by atoms with Crippen LogP contribution in [0.5, 0.6) is 17.4 Å². The molecule has 0 saturated heterocycles. The molecule has 0 fully saturated rings. The number of benzene rings is 2. The maximum Gasteiger partial charge on any atom is 0.387 e. The number of primary amides is 1. The van der Waals surface area contributed by atoms with Gasteiger partial charge in [0, 0.05) is 18.5 Å². The van der Waals surface area contributed by atoms with E-state index in [0.717, 1.165) is 0 Å². The number of carbonyl (C=O) groups excluding carboxylic acids is 2. The van der Waals surface area contributed by atoms with Gasteiger partial charge in [-0.05, 0) is 30.7 Å². The highest BCUT2D eigenvalue weighted by Gasteiger charge is 2.24. The van der Waals surface area contributed by atoms with Crippen molar-refractivity contribution >= 4 is 28.3 Å². The van der Waals surface area contributed by atoms with Crippen molar-refractivity contribution in [3.8, 4) is 17.4 Å². The van der Waals surface area contributed by atoms with Crippen molar-refractivity contribution in [1.82, 2.24) is 4.57 Å². The van der Waals surface area contributed by atoms with Crippen molar-refractivity contribution in [3.63, 3.8) is 0 Å². The molecule has 2 aromatic carbocycles. The maximum absolute atomic E-state index is 12.7. The van der Waals surface area contributed by atoms with E-state index < -0.39 is 18.6 Å². The molecule has 1 heterocycles. The van der Waals surface area contributed by atoms with Gasteiger partial charge < -0.3 is 30.2 Å². The lowest BCUT2D eigenvalue weighted by atomic mass is 10.0. The summed E-state index contributed by atoms with van der Waals surface area (Å²) in [5.74, 6) is -1.23. The van der Waals surface area contributed by atoms with Gasteiger partial charge in [-0.25, -0.2) is 0 Å². The zero-order valence-corrected chi connectivity index (χ0v) is 17.5. The van der Waals surface area contributed by atoms with Crippen molar-refractivity contribution in [1.29, 1.82) is 0 Å². The number of halogens is 2. The maximum atomic E-state index is 12.7. The SMILES string of the molecule is CCOc1cc(C(CC(N)=O)n2cc3cccc(NC(C)=O)c3c2O)ccc1OC(F)F. The van der Waals surface area contributed by atoms with E-state index in [9.17, 15) is 23.5 Å². The highest BCUT2D eigenvalue weighted by Crippen LogP contribution is 2.40. The van der Waals surface area contributed by atoms with Crippen LogP contribution < -0.4 is 20.5 Å². The first kappa shape index (κ1) is 22.9. The van der Waals surface area contributed by atoms with Crippen LogP contribution in [0.2, 0.25) is 0 Å². The molecular weight excluding hydrogens is 424 g/mol. The minimum atomic E-state index is -3.03. The summed E-state index contributed by atoms with van der Waals surface area (Å²) in [6, 6.07) is 8.59. The molecule has 1 unspecified atom stereocenters. The second-order valence-electron chi connectivity index (χ2n) is 7.01. The molecule has 0 aliphatic rings.